The van der Waals surface area contributed by atoms with Crippen LogP contribution in [0.3, 0.4) is 0 Å². The molecule has 0 radical (unpaired) electrons. The minimum absolute atomic E-state index is 0.644. The summed E-state index contributed by atoms with van der Waals surface area (Å²) in [5.41, 5.74) is 9.47. The summed E-state index contributed by atoms with van der Waals surface area (Å²) in [6.45, 7) is 4.52. The van der Waals surface area contributed by atoms with E-state index in [1.54, 1.807) is 4.68 Å². The van der Waals surface area contributed by atoms with Crippen LogP contribution in [0.15, 0.2) is 18.2 Å². The van der Waals surface area contributed by atoms with Gasteiger partial charge in [-0.25, -0.2) is 0 Å². The second-order valence-electron chi connectivity index (χ2n) is 4.10. The van der Waals surface area contributed by atoms with Crippen LogP contribution in [0.25, 0.3) is 0 Å². The molecule has 0 aromatic carbocycles. The van der Waals surface area contributed by atoms with Crippen molar-refractivity contribution in [2.75, 3.05) is 11.1 Å². The van der Waals surface area contributed by atoms with Crippen molar-refractivity contribution in [1.29, 1.82) is 0 Å². The molecule has 0 saturated carbocycles. The van der Waals surface area contributed by atoms with Gasteiger partial charge in [0, 0.05) is 12.7 Å². The molecule has 2 heterocycles. The normalized spacial score (nSPS) is 10.5. The van der Waals surface area contributed by atoms with Gasteiger partial charge in [0.25, 0.3) is 0 Å². The van der Waals surface area contributed by atoms with Gasteiger partial charge in [-0.3, -0.25) is 9.67 Å². The molecule has 0 fully saturated rings. The van der Waals surface area contributed by atoms with E-state index in [-0.39, 0.29) is 0 Å². The lowest BCUT2D eigenvalue weighted by Crippen LogP contribution is -2.07. The summed E-state index contributed by atoms with van der Waals surface area (Å²) >= 11 is 0. The number of nitrogens with two attached hydrogens (primary N) is 1. The fourth-order valence-electron chi connectivity index (χ4n) is 1.76. The van der Waals surface area contributed by atoms with E-state index < -0.39 is 0 Å². The van der Waals surface area contributed by atoms with Gasteiger partial charge in [0.2, 0.25) is 0 Å². The lowest BCUT2D eigenvalue weighted by atomic mass is 10.3. The summed E-state index contributed by atoms with van der Waals surface area (Å²) in [5.74, 6) is 0.839. The molecular formula is C12H17N5. The zero-order valence-corrected chi connectivity index (χ0v) is 10.4. The smallest absolute Gasteiger partial charge is 0.148 e. The number of nitrogen functional groups attached to an aromatic ring is 1. The monoisotopic (exact) mass is 231 g/mol. The number of aryl methyl sites for hydroxylation is 3. The molecule has 5 nitrogen and oxygen atoms in total. The second kappa shape index (κ2) is 4.45. The molecule has 0 aliphatic carbocycles. The molecule has 0 unspecified atom stereocenters. The molecule has 0 aliphatic rings. The molecular weight excluding hydrogens is 214 g/mol. The lowest BCUT2D eigenvalue weighted by Gasteiger charge is -2.07. The Balaban J connectivity index is 2.12. The van der Waals surface area contributed by atoms with Gasteiger partial charge in [0.1, 0.15) is 5.82 Å². The minimum Gasteiger partial charge on any atom is -0.394 e. The number of hydrogen-bond donors (Lipinski definition) is 2. The first-order chi connectivity index (χ1) is 8.08. The van der Waals surface area contributed by atoms with Crippen molar-refractivity contribution < 1.29 is 0 Å². The third-order valence-electron chi connectivity index (χ3n) is 2.65. The highest BCUT2D eigenvalue weighted by Crippen LogP contribution is 2.21. The molecule has 2 rings (SSSR count). The number of anilines is 2. The third-order valence-corrected chi connectivity index (χ3v) is 2.65. The van der Waals surface area contributed by atoms with E-state index in [0.717, 1.165) is 22.9 Å². The SMILES string of the molecule is Cc1cccc(CNc2c(N)c(C)nn2C)n1. The highest BCUT2D eigenvalue weighted by atomic mass is 15.3. The largest absolute Gasteiger partial charge is 0.394 e. The van der Waals surface area contributed by atoms with E-state index in [1.165, 1.54) is 0 Å². The van der Waals surface area contributed by atoms with Gasteiger partial charge >= 0.3 is 0 Å². The van der Waals surface area contributed by atoms with Gasteiger partial charge in [-0.2, -0.15) is 5.10 Å². The average Bonchev–Trinajstić information content (AvgIpc) is 2.51. The van der Waals surface area contributed by atoms with Crippen molar-refractivity contribution in [2.45, 2.75) is 20.4 Å². The van der Waals surface area contributed by atoms with E-state index in [4.69, 9.17) is 5.73 Å². The Kier molecular flexibility index (Phi) is 2.99. The fraction of sp³-hybridized carbons (Fsp3) is 0.333. The van der Waals surface area contributed by atoms with E-state index in [9.17, 15) is 0 Å². The molecule has 0 amide bonds. The van der Waals surface area contributed by atoms with E-state index >= 15 is 0 Å². The number of rotatable bonds is 3. The predicted molar refractivity (Wildman–Crippen MR) is 68.7 cm³/mol. The standard InChI is InChI=1S/C12H17N5/c1-8-5-4-6-10(15-8)7-14-12-11(13)9(2)16-17(12)3/h4-6,14H,7,13H2,1-3H3. The lowest BCUT2D eigenvalue weighted by molar-refractivity contribution is 0.757. The number of pyridine rings is 1. The van der Waals surface area contributed by atoms with Crippen LogP contribution in [-0.2, 0) is 13.6 Å². The van der Waals surface area contributed by atoms with Crippen LogP contribution in [0.4, 0.5) is 11.5 Å². The maximum Gasteiger partial charge on any atom is 0.148 e. The van der Waals surface area contributed by atoms with Crippen LogP contribution < -0.4 is 11.1 Å². The first kappa shape index (κ1) is 11.4. The Morgan fingerprint density at radius 1 is 1.35 bits per heavy atom. The summed E-state index contributed by atoms with van der Waals surface area (Å²) < 4.78 is 1.75. The molecule has 0 atom stereocenters. The van der Waals surface area contributed by atoms with Gasteiger partial charge in [0.05, 0.1) is 23.6 Å². The van der Waals surface area contributed by atoms with E-state index in [2.05, 4.69) is 15.4 Å². The maximum absolute atomic E-state index is 5.93. The van der Waals surface area contributed by atoms with Crippen molar-refractivity contribution in [3.8, 4) is 0 Å². The molecule has 0 aliphatic heterocycles. The topological polar surface area (TPSA) is 68.8 Å². The Morgan fingerprint density at radius 2 is 2.12 bits per heavy atom. The van der Waals surface area contributed by atoms with Crippen molar-refractivity contribution in [1.82, 2.24) is 14.8 Å². The van der Waals surface area contributed by atoms with E-state index in [1.807, 2.05) is 39.1 Å². The molecule has 17 heavy (non-hydrogen) atoms. The van der Waals surface area contributed by atoms with Crippen LogP contribution in [-0.4, -0.2) is 14.8 Å². The van der Waals surface area contributed by atoms with Crippen LogP contribution in [0.2, 0.25) is 0 Å². The Labute approximate surface area is 101 Å². The number of aromatic nitrogens is 3. The predicted octanol–water partition coefficient (Wildman–Crippen LogP) is 1.63. The van der Waals surface area contributed by atoms with Crippen molar-refractivity contribution in [2.24, 2.45) is 7.05 Å². The Morgan fingerprint density at radius 3 is 2.71 bits per heavy atom. The van der Waals surface area contributed by atoms with Crippen LogP contribution >= 0.6 is 0 Å². The second-order valence-corrected chi connectivity index (χ2v) is 4.10. The molecule has 2 aromatic rings. The van der Waals surface area contributed by atoms with Crippen molar-refractivity contribution >= 4 is 11.5 Å². The van der Waals surface area contributed by atoms with Gasteiger partial charge in [-0.05, 0) is 26.0 Å². The number of nitrogens with one attached hydrogen (secondary N) is 1. The van der Waals surface area contributed by atoms with Crippen molar-refractivity contribution in [3.63, 3.8) is 0 Å². The molecule has 0 saturated heterocycles. The van der Waals surface area contributed by atoms with Gasteiger partial charge in [-0.1, -0.05) is 6.07 Å². The molecule has 5 heteroatoms. The zero-order chi connectivity index (χ0) is 12.4. The van der Waals surface area contributed by atoms with Crippen LogP contribution in [0.1, 0.15) is 17.1 Å². The highest BCUT2D eigenvalue weighted by molar-refractivity contribution is 5.64. The summed E-state index contributed by atoms with van der Waals surface area (Å²) in [7, 11) is 1.87. The third kappa shape index (κ3) is 2.38. The first-order valence-electron chi connectivity index (χ1n) is 5.53. The average molecular weight is 231 g/mol. The number of nitrogens with zero attached hydrogens (tertiary/aromatic N) is 3. The van der Waals surface area contributed by atoms with E-state index in [0.29, 0.717) is 12.2 Å². The molecule has 0 bridgehead atoms. The molecule has 90 valence electrons. The minimum atomic E-state index is 0.644. The van der Waals surface area contributed by atoms with Crippen LogP contribution in [0.5, 0.6) is 0 Å². The maximum atomic E-state index is 5.93. The summed E-state index contributed by atoms with van der Waals surface area (Å²) in [6, 6.07) is 5.96. The zero-order valence-electron chi connectivity index (χ0n) is 10.4. The summed E-state index contributed by atoms with van der Waals surface area (Å²) in [6.07, 6.45) is 0. The van der Waals surface area contributed by atoms with Gasteiger partial charge in [0.15, 0.2) is 0 Å². The van der Waals surface area contributed by atoms with Crippen LogP contribution in [0, 0.1) is 13.8 Å². The van der Waals surface area contributed by atoms with Gasteiger partial charge < -0.3 is 11.1 Å². The molecule has 3 N–H and O–H groups in total. The van der Waals surface area contributed by atoms with Crippen molar-refractivity contribution in [3.05, 3.63) is 35.3 Å². The molecule has 2 aromatic heterocycles. The Bertz CT molecular complexity index is 530. The fourth-order valence-corrected chi connectivity index (χ4v) is 1.76. The number of hydrogen-bond acceptors (Lipinski definition) is 4. The summed E-state index contributed by atoms with van der Waals surface area (Å²) in [5, 5.41) is 7.51. The molecule has 0 spiro atoms. The quantitative estimate of drug-likeness (QED) is 0.842. The summed E-state index contributed by atoms with van der Waals surface area (Å²) in [4.78, 5) is 4.42. The highest BCUT2D eigenvalue weighted by Gasteiger charge is 2.09. The Hall–Kier alpha value is -2.04. The van der Waals surface area contributed by atoms with Gasteiger partial charge in [-0.15, -0.1) is 0 Å². The first-order valence-corrected chi connectivity index (χ1v) is 5.53.